The fourth-order valence-corrected chi connectivity index (χ4v) is 10.4. The first-order valence-corrected chi connectivity index (χ1v) is 13.6. The maximum absolute atomic E-state index is 12.8. The smallest absolute Gasteiger partial charge is 0.310 e. The average molecular weight is 455 g/mol. The van der Waals surface area contributed by atoms with Crippen molar-refractivity contribution in [2.45, 2.75) is 105 Å². The molecule has 0 saturated heterocycles. The van der Waals surface area contributed by atoms with Gasteiger partial charge in [0.1, 0.15) is 0 Å². The zero-order valence-corrected chi connectivity index (χ0v) is 21.8. The highest BCUT2D eigenvalue weighted by molar-refractivity contribution is 5.77. The Morgan fingerprint density at radius 3 is 2.33 bits per heavy atom. The van der Waals surface area contributed by atoms with Gasteiger partial charge in [-0.2, -0.15) is 0 Å². The number of fused-ring (bicyclic) bond motifs is 7. The number of allylic oxidation sites excluding steroid dienone is 3. The van der Waals surface area contributed by atoms with Gasteiger partial charge < -0.3 is 10.2 Å². The number of carboxylic acids is 1. The number of aliphatic hydroxyl groups excluding tert-OH is 1. The summed E-state index contributed by atoms with van der Waals surface area (Å²) in [5.74, 6) is 0.901. The Balaban J connectivity index is 1.62. The Bertz CT molecular complexity index is 916. The van der Waals surface area contributed by atoms with Crippen LogP contribution >= 0.6 is 0 Å². The van der Waals surface area contributed by atoms with Crippen molar-refractivity contribution >= 4 is 5.97 Å². The lowest BCUT2D eigenvalue weighted by molar-refractivity contribution is -0.203. The van der Waals surface area contributed by atoms with Gasteiger partial charge in [-0.15, -0.1) is 0 Å². The van der Waals surface area contributed by atoms with Crippen molar-refractivity contribution in [3.05, 3.63) is 23.8 Å². The van der Waals surface area contributed by atoms with Gasteiger partial charge in [0, 0.05) is 5.92 Å². The summed E-state index contributed by atoms with van der Waals surface area (Å²) in [4.78, 5) is 12.8. The third-order valence-corrected chi connectivity index (χ3v) is 12.9. The normalized spacial score (nSPS) is 53.1. The molecule has 2 unspecified atom stereocenters. The summed E-state index contributed by atoms with van der Waals surface area (Å²) in [6.07, 6.45) is 11.2. The summed E-state index contributed by atoms with van der Waals surface area (Å²) in [7, 11) is 0. The second-order valence-electron chi connectivity index (χ2n) is 14.1. The Morgan fingerprint density at radius 1 is 0.970 bits per heavy atom. The van der Waals surface area contributed by atoms with Crippen molar-refractivity contribution in [1.29, 1.82) is 0 Å². The van der Waals surface area contributed by atoms with Gasteiger partial charge in [0.25, 0.3) is 0 Å². The zero-order chi connectivity index (χ0) is 24.2. The Hall–Kier alpha value is -1.09. The number of hydrogen-bond donors (Lipinski definition) is 2. The van der Waals surface area contributed by atoms with E-state index >= 15 is 0 Å². The molecule has 5 rings (SSSR count). The minimum absolute atomic E-state index is 0.00887. The van der Waals surface area contributed by atoms with Crippen LogP contribution in [0, 0.1) is 50.7 Å². The molecule has 33 heavy (non-hydrogen) atoms. The van der Waals surface area contributed by atoms with E-state index in [0.29, 0.717) is 17.8 Å². The molecule has 0 radical (unpaired) electrons. The monoisotopic (exact) mass is 454 g/mol. The Labute approximate surface area is 201 Å². The molecule has 0 spiro atoms. The predicted molar refractivity (Wildman–Crippen MR) is 133 cm³/mol. The van der Waals surface area contributed by atoms with E-state index in [1.54, 1.807) is 0 Å². The van der Waals surface area contributed by atoms with E-state index < -0.39 is 11.4 Å². The lowest BCUT2D eigenvalue weighted by Crippen LogP contribution is -2.65. The lowest BCUT2D eigenvalue weighted by Gasteiger charge is -2.71. The fraction of sp³-hybridized carbons (Fsp3) is 0.833. The molecule has 5 aliphatic carbocycles. The van der Waals surface area contributed by atoms with E-state index in [-0.39, 0.29) is 33.7 Å². The fourth-order valence-electron chi connectivity index (χ4n) is 10.4. The van der Waals surface area contributed by atoms with Crippen LogP contribution in [0.25, 0.3) is 0 Å². The first-order valence-electron chi connectivity index (χ1n) is 13.6. The van der Waals surface area contributed by atoms with E-state index in [4.69, 9.17) is 0 Å². The van der Waals surface area contributed by atoms with Gasteiger partial charge in [0.2, 0.25) is 0 Å². The summed E-state index contributed by atoms with van der Waals surface area (Å²) in [5, 5.41) is 21.4. The second-order valence-corrected chi connectivity index (χ2v) is 14.1. The molecule has 3 nitrogen and oxygen atoms in total. The molecular formula is C30H46O3. The molecule has 9 atom stereocenters. The van der Waals surface area contributed by atoms with Crippen molar-refractivity contribution in [3.63, 3.8) is 0 Å². The number of aliphatic carboxylic acids is 1. The largest absolute Gasteiger partial charge is 0.481 e. The molecule has 4 saturated carbocycles. The third kappa shape index (κ3) is 2.69. The summed E-state index contributed by atoms with van der Waals surface area (Å²) in [6, 6.07) is 0. The second kappa shape index (κ2) is 6.99. The SMILES string of the molecule is C=C1[C@H]2C3=CCC4[C@@]5(C)CC[C@H](O)C(C)(C)C5CC[C@@]4(C)[C@]3(C)CC[C@@]2(C(=O)O)CC[C@H]1C. The van der Waals surface area contributed by atoms with Crippen LogP contribution in [0.2, 0.25) is 0 Å². The van der Waals surface area contributed by atoms with E-state index in [1.807, 2.05) is 0 Å². The van der Waals surface area contributed by atoms with E-state index in [2.05, 4.69) is 54.2 Å². The number of aliphatic hydroxyl groups is 1. The molecule has 0 aromatic rings. The topological polar surface area (TPSA) is 57.5 Å². The zero-order valence-electron chi connectivity index (χ0n) is 21.8. The molecule has 0 aromatic carbocycles. The summed E-state index contributed by atoms with van der Waals surface area (Å²) in [5.41, 5.74) is 2.29. The summed E-state index contributed by atoms with van der Waals surface area (Å²) < 4.78 is 0. The highest BCUT2D eigenvalue weighted by Crippen LogP contribution is 2.75. The highest BCUT2D eigenvalue weighted by atomic mass is 16.4. The van der Waals surface area contributed by atoms with Crippen molar-refractivity contribution in [2.75, 3.05) is 0 Å². The number of rotatable bonds is 1. The quantitative estimate of drug-likeness (QED) is 0.419. The van der Waals surface area contributed by atoms with Crippen LogP contribution in [0.5, 0.6) is 0 Å². The third-order valence-electron chi connectivity index (χ3n) is 12.9. The number of carbonyl (C=O) groups is 1. The molecular weight excluding hydrogens is 408 g/mol. The summed E-state index contributed by atoms with van der Waals surface area (Å²) >= 11 is 0. The van der Waals surface area contributed by atoms with Crippen LogP contribution in [0.15, 0.2) is 23.8 Å². The van der Waals surface area contributed by atoms with Gasteiger partial charge in [-0.25, -0.2) is 0 Å². The minimum Gasteiger partial charge on any atom is -0.481 e. The Kier molecular flexibility index (Phi) is 5.01. The van der Waals surface area contributed by atoms with Gasteiger partial charge in [-0.1, -0.05) is 65.3 Å². The van der Waals surface area contributed by atoms with Gasteiger partial charge in [0.05, 0.1) is 11.5 Å². The van der Waals surface area contributed by atoms with Crippen LogP contribution in [-0.2, 0) is 4.79 Å². The minimum atomic E-state index is -0.657. The summed E-state index contributed by atoms with van der Waals surface area (Å²) in [6.45, 7) is 18.9. The molecule has 5 aliphatic rings. The highest BCUT2D eigenvalue weighted by Gasteiger charge is 2.69. The maximum atomic E-state index is 12.8. The Morgan fingerprint density at radius 2 is 1.67 bits per heavy atom. The standard InChI is InChI=1S/C30H46O3/c1-18-10-15-30(25(32)33)17-16-28(6)20(24(30)19(18)2)8-9-22-27(5)13-12-23(31)26(3,4)21(27)11-14-29(22,28)7/h8,18,21-24,31H,2,9-17H2,1,3-7H3,(H,32,33)/t18-,21?,22?,23+,24+,27+,28-,29-,30+/m1/s1. The predicted octanol–water partition coefficient (Wildman–Crippen LogP) is 7.01. The van der Waals surface area contributed by atoms with Crippen LogP contribution in [-0.4, -0.2) is 22.3 Å². The maximum Gasteiger partial charge on any atom is 0.310 e. The van der Waals surface area contributed by atoms with Crippen molar-refractivity contribution in [1.82, 2.24) is 0 Å². The molecule has 0 amide bonds. The number of carboxylic acid groups (broad SMARTS) is 1. The molecule has 3 heteroatoms. The molecule has 0 bridgehead atoms. The molecule has 184 valence electrons. The van der Waals surface area contributed by atoms with Crippen LogP contribution in [0.4, 0.5) is 0 Å². The van der Waals surface area contributed by atoms with Crippen molar-refractivity contribution in [2.24, 2.45) is 50.7 Å². The van der Waals surface area contributed by atoms with Gasteiger partial charge in [-0.3, -0.25) is 4.79 Å². The van der Waals surface area contributed by atoms with E-state index in [0.717, 1.165) is 44.9 Å². The van der Waals surface area contributed by atoms with Crippen molar-refractivity contribution in [3.8, 4) is 0 Å². The molecule has 0 aromatic heterocycles. The molecule has 0 aliphatic heterocycles. The van der Waals surface area contributed by atoms with Gasteiger partial charge in [-0.05, 0) is 97.2 Å². The van der Waals surface area contributed by atoms with E-state index in [9.17, 15) is 15.0 Å². The first-order chi connectivity index (χ1) is 15.3. The van der Waals surface area contributed by atoms with Gasteiger partial charge >= 0.3 is 5.97 Å². The molecule has 4 fully saturated rings. The first kappa shape index (κ1) is 23.6. The van der Waals surface area contributed by atoms with E-state index in [1.165, 1.54) is 24.0 Å². The van der Waals surface area contributed by atoms with Crippen LogP contribution < -0.4 is 0 Å². The lowest BCUT2D eigenvalue weighted by atomic mass is 9.33. The van der Waals surface area contributed by atoms with Crippen molar-refractivity contribution < 1.29 is 15.0 Å². The van der Waals surface area contributed by atoms with Crippen LogP contribution in [0.3, 0.4) is 0 Å². The average Bonchev–Trinajstić information content (AvgIpc) is 2.74. The number of hydrogen-bond acceptors (Lipinski definition) is 2. The van der Waals surface area contributed by atoms with Gasteiger partial charge in [0.15, 0.2) is 0 Å². The molecule has 0 heterocycles. The molecule has 2 N–H and O–H groups in total. The van der Waals surface area contributed by atoms with Crippen LogP contribution in [0.1, 0.15) is 99.3 Å².